The molecule has 0 amide bonds. The Labute approximate surface area is 221 Å². The van der Waals surface area contributed by atoms with Crippen LogP contribution in [0.15, 0.2) is 36.0 Å². The second-order valence-electron chi connectivity index (χ2n) is 11.2. The summed E-state index contributed by atoms with van der Waals surface area (Å²) < 4.78 is 16.9. The summed E-state index contributed by atoms with van der Waals surface area (Å²) in [5, 5.41) is 31.0. The molecule has 0 aromatic carbocycles. The number of aliphatic hydroxyl groups is 3. The third kappa shape index (κ3) is 10.0. The fourth-order valence-electron chi connectivity index (χ4n) is 4.65. The average molecular weight is 523 g/mol. The van der Waals surface area contributed by atoms with E-state index in [1.54, 1.807) is 26.0 Å². The van der Waals surface area contributed by atoms with Gasteiger partial charge in [0, 0.05) is 18.8 Å². The molecule has 1 fully saturated rings. The SMILES string of the molecule is CC(=O)O[C@H]1/C=C/[C@H](C)[C@H](/C(C)=C/C=C/[C@H](C)C[C@@H]2O[C@@H]2[C@H](C)[C@H](C)O)OC(=O)C[C@H](O)CC[C@@]1(C)O. The van der Waals surface area contributed by atoms with Gasteiger partial charge in [-0.25, -0.2) is 0 Å². The van der Waals surface area contributed by atoms with Crippen molar-refractivity contribution in [3.05, 3.63) is 36.0 Å². The van der Waals surface area contributed by atoms with Gasteiger partial charge in [0.05, 0.1) is 30.8 Å². The third-order valence-corrected chi connectivity index (χ3v) is 7.37. The van der Waals surface area contributed by atoms with Crippen LogP contribution in [0, 0.1) is 17.8 Å². The van der Waals surface area contributed by atoms with Gasteiger partial charge in [-0.2, -0.15) is 0 Å². The first-order chi connectivity index (χ1) is 17.2. The van der Waals surface area contributed by atoms with E-state index >= 15 is 0 Å². The van der Waals surface area contributed by atoms with Crippen LogP contribution in [-0.4, -0.2) is 69.5 Å². The van der Waals surface area contributed by atoms with E-state index in [1.807, 2.05) is 32.9 Å². The fraction of sp³-hybridized carbons (Fsp3) is 0.724. The van der Waals surface area contributed by atoms with Gasteiger partial charge >= 0.3 is 11.9 Å². The highest BCUT2D eigenvalue weighted by Crippen LogP contribution is 2.36. The van der Waals surface area contributed by atoms with Crippen LogP contribution in [0.4, 0.5) is 0 Å². The van der Waals surface area contributed by atoms with Gasteiger partial charge in [-0.15, -0.1) is 0 Å². The second kappa shape index (κ2) is 13.7. The number of cyclic esters (lactones) is 1. The van der Waals surface area contributed by atoms with Gasteiger partial charge in [0.25, 0.3) is 0 Å². The summed E-state index contributed by atoms with van der Waals surface area (Å²) >= 11 is 0. The maximum absolute atomic E-state index is 12.6. The van der Waals surface area contributed by atoms with E-state index in [4.69, 9.17) is 14.2 Å². The van der Waals surface area contributed by atoms with Gasteiger partial charge in [0.2, 0.25) is 0 Å². The topological polar surface area (TPSA) is 126 Å². The van der Waals surface area contributed by atoms with E-state index in [9.17, 15) is 24.9 Å². The molecule has 0 saturated carbocycles. The predicted octanol–water partition coefficient (Wildman–Crippen LogP) is 3.63. The molecule has 2 heterocycles. The lowest BCUT2D eigenvalue weighted by molar-refractivity contribution is -0.157. The average Bonchev–Trinajstić information content (AvgIpc) is 3.55. The Balaban J connectivity index is 2.14. The molecule has 3 N–H and O–H groups in total. The van der Waals surface area contributed by atoms with Crippen molar-refractivity contribution in [2.45, 2.75) is 116 Å². The Morgan fingerprint density at radius 2 is 1.95 bits per heavy atom. The molecule has 0 unspecified atom stereocenters. The number of epoxide rings is 1. The van der Waals surface area contributed by atoms with Crippen molar-refractivity contribution in [2.24, 2.45) is 17.8 Å². The van der Waals surface area contributed by atoms with Gasteiger partial charge in [0.1, 0.15) is 17.8 Å². The van der Waals surface area contributed by atoms with E-state index in [1.165, 1.54) is 6.92 Å². The summed E-state index contributed by atoms with van der Waals surface area (Å²) in [4.78, 5) is 24.2. The molecule has 2 rings (SSSR count). The lowest BCUT2D eigenvalue weighted by Gasteiger charge is -2.32. The Bertz CT molecular complexity index is 858. The molecular weight excluding hydrogens is 476 g/mol. The summed E-state index contributed by atoms with van der Waals surface area (Å²) in [6.45, 7) is 12.5. The molecule has 0 aromatic rings. The number of rotatable bonds is 8. The largest absolute Gasteiger partial charge is 0.457 e. The smallest absolute Gasteiger partial charge is 0.309 e. The van der Waals surface area contributed by atoms with Crippen LogP contribution in [0.2, 0.25) is 0 Å². The van der Waals surface area contributed by atoms with Crippen molar-refractivity contribution in [3.63, 3.8) is 0 Å². The highest BCUT2D eigenvalue weighted by molar-refractivity contribution is 5.70. The summed E-state index contributed by atoms with van der Waals surface area (Å²) in [5.41, 5.74) is -0.581. The number of aliphatic hydroxyl groups excluding tert-OH is 2. The van der Waals surface area contributed by atoms with Crippen LogP contribution in [0.1, 0.15) is 74.1 Å². The van der Waals surface area contributed by atoms with Crippen molar-refractivity contribution in [3.8, 4) is 0 Å². The zero-order valence-electron chi connectivity index (χ0n) is 23.3. The van der Waals surface area contributed by atoms with Crippen LogP contribution < -0.4 is 0 Å². The Morgan fingerprint density at radius 3 is 2.57 bits per heavy atom. The van der Waals surface area contributed by atoms with E-state index in [-0.39, 0.29) is 49.2 Å². The third-order valence-electron chi connectivity index (χ3n) is 7.37. The highest BCUT2D eigenvalue weighted by Gasteiger charge is 2.44. The van der Waals surface area contributed by atoms with Gasteiger partial charge in [-0.1, -0.05) is 45.1 Å². The summed E-state index contributed by atoms with van der Waals surface area (Å²) in [6, 6.07) is 0. The number of carbonyl (C=O) groups is 2. The normalized spacial score (nSPS) is 37.0. The fourth-order valence-corrected chi connectivity index (χ4v) is 4.65. The zero-order valence-corrected chi connectivity index (χ0v) is 23.3. The van der Waals surface area contributed by atoms with Crippen molar-refractivity contribution in [2.75, 3.05) is 0 Å². The first-order valence-electron chi connectivity index (χ1n) is 13.3. The monoisotopic (exact) mass is 522 g/mol. The minimum Gasteiger partial charge on any atom is -0.457 e. The van der Waals surface area contributed by atoms with Gasteiger partial charge < -0.3 is 29.5 Å². The molecule has 10 atom stereocenters. The highest BCUT2D eigenvalue weighted by atomic mass is 16.6. The van der Waals surface area contributed by atoms with Crippen molar-refractivity contribution >= 4 is 11.9 Å². The number of allylic oxidation sites excluding steroid dienone is 3. The molecule has 0 radical (unpaired) electrons. The molecule has 37 heavy (non-hydrogen) atoms. The molecule has 0 aliphatic carbocycles. The number of ether oxygens (including phenoxy) is 3. The van der Waals surface area contributed by atoms with Crippen molar-refractivity contribution < 1.29 is 39.1 Å². The number of hydrogen-bond donors (Lipinski definition) is 3. The lowest BCUT2D eigenvalue weighted by Crippen LogP contribution is -2.42. The molecule has 1 saturated heterocycles. The number of carbonyl (C=O) groups excluding carboxylic acids is 2. The van der Waals surface area contributed by atoms with Gasteiger partial charge in [-0.05, 0) is 57.6 Å². The number of hydrogen-bond acceptors (Lipinski definition) is 8. The van der Waals surface area contributed by atoms with Gasteiger partial charge in [0.15, 0.2) is 0 Å². The number of esters is 2. The minimum atomic E-state index is -1.40. The Morgan fingerprint density at radius 1 is 1.27 bits per heavy atom. The minimum absolute atomic E-state index is 0.100. The Kier molecular flexibility index (Phi) is 11.6. The van der Waals surface area contributed by atoms with E-state index in [2.05, 4.69) is 13.0 Å². The molecular formula is C29H46O8. The molecule has 8 heteroatoms. The van der Waals surface area contributed by atoms with Gasteiger partial charge in [-0.3, -0.25) is 9.59 Å². The summed E-state index contributed by atoms with van der Waals surface area (Å²) in [5.74, 6) is -0.936. The first-order valence-corrected chi connectivity index (χ1v) is 13.3. The molecule has 0 spiro atoms. The molecule has 2 aliphatic heterocycles. The molecule has 8 nitrogen and oxygen atoms in total. The Hall–Kier alpha value is -2.00. The molecule has 210 valence electrons. The molecule has 2 aliphatic rings. The molecule has 0 bridgehead atoms. The van der Waals surface area contributed by atoms with Crippen LogP contribution >= 0.6 is 0 Å². The molecule has 0 aromatic heterocycles. The van der Waals surface area contributed by atoms with Crippen LogP contribution in [0.5, 0.6) is 0 Å². The van der Waals surface area contributed by atoms with Crippen LogP contribution in [0.3, 0.4) is 0 Å². The zero-order chi connectivity index (χ0) is 27.9. The summed E-state index contributed by atoms with van der Waals surface area (Å²) in [7, 11) is 0. The first kappa shape index (κ1) is 31.2. The standard InChI is InChI=1S/C29H46O8/c1-17(15-24-28(36-24)20(4)21(5)30)9-8-10-18(2)27-19(3)11-12-25(35-22(6)31)29(7,34)14-13-23(32)16-26(33)37-27/h8-12,17,19-21,23-25,27-28,30,32,34H,13-16H2,1-7H3/b9-8+,12-11+,18-10+/t17-,19-,20+,21-,23+,24-,25-,27-,28+,29+/m0/s1. The summed E-state index contributed by atoms with van der Waals surface area (Å²) in [6.07, 6.45) is 7.70. The maximum atomic E-state index is 12.6. The van der Waals surface area contributed by atoms with E-state index in [0.717, 1.165) is 12.0 Å². The quantitative estimate of drug-likeness (QED) is 0.191. The van der Waals surface area contributed by atoms with Crippen molar-refractivity contribution in [1.82, 2.24) is 0 Å². The lowest BCUT2D eigenvalue weighted by atomic mass is 9.88. The van der Waals surface area contributed by atoms with Crippen molar-refractivity contribution in [1.29, 1.82) is 0 Å². The van der Waals surface area contributed by atoms with E-state index in [0.29, 0.717) is 0 Å². The predicted molar refractivity (Wildman–Crippen MR) is 140 cm³/mol. The second-order valence-corrected chi connectivity index (χ2v) is 11.2. The van der Waals surface area contributed by atoms with Crippen LogP contribution in [0.25, 0.3) is 0 Å². The van der Waals surface area contributed by atoms with Crippen LogP contribution in [-0.2, 0) is 23.8 Å². The van der Waals surface area contributed by atoms with E-state index < -0.39 is 42.0 Å². The maximum Gasteiger partial charge on any atom is 0.309 e.